The largest absolute Gasteiger partial charge is 0.442 e. The average molecular weight is 186 g/mol. The van der Waals surface area contributed by atoms with Gasteiger partial charge in [0.25, 0.3) is 0 Å². The molecule has 3 nitrogen and oxygen atoms in total. The molecule has 2 aromatic heterocycles. The molecule has 3 heteroatoms. The molecule has 0 aliphatic heterocycles. The zero-order valence-corrected chi connectivity index (χ0v) is 7.68. The molecule has 0 unspecified atom stereocenters. The van der Waals surface area contributed by atoms with Gasteiger partial charge in [0, 0.05) is 6.20 Å². The van der Waals surface area contributed by atoms with Crippen molar-refractivity contribution in [2.75, 3.05) is 0 Å². The number of rotatable bonds is 2. The highest BCUT2D eigenvalue weighted by atomic mass is 16.3. The molecule has 70 valence electrons. The predicted molar refractivity (Wildman–Crippen MR) is 51.7 cm³/mol. The standard InChI is InChI=1S/C11H10N2O/c1-2-8(1)9-3-4-10(13-5-9)11-6-12-7-14-11/h3-8H,1-2H2. The molecule has 0 radical (unpaired) electrons. The van der Waals surface area contributed by atoms with Crippen LogP contribution in [0.15, 0.2) is 35.3 Å². The molecule has 2 aromatic rings. The first kappa shape index (κ1) is 7.74. The molecule has 0 spiro atoms. The van der Waals surface area contributed by atoms with Crippen molar-refractivity contribution in [2.24, 2.45) is 0 Å². The monoisotopic (exact) mass is 186 g/mol. The third-order valence-electron chi connectivity index (χ3n) is 2.52. The molecule has 1 aliphatic carbocycles. The lowest BCUT2D eigenvalue weighted by atomic mass is 10.2. The van der Waals surface area contributed by atoms with Crippen molar-refractivity contribution in [3.8, 4) is 11.5 Å². The van der Waals surface area contributed by atoms with Crippen molar-refractivity contribution in [3.63, 3.8) is 0 Å². The van der Waals surface area contributed by atoms with Gasteiger partial charge in [-0.05, 0) is 30.4 Å². The van der Waals surface area contributed by atoms with E-state index >= 15 is 0 Å². The van der Waals surface area contributed by atoms with Crippen LogP contribution >= 0.6 is 0 Å². The van der Waals surface area contributed by atoms with E-state index in [0.29, 0.717) is 0 Å². The molecule has 1 fully saturated rings. The predicted octanol–water partition coefficient (Wildman–Crippen LogP) is 2.61. The second kappa shape index (κ2) is 2.94. The van der Waals surface area contributed by atoms with E-state index in [1.807, 2.05) is 12.3 Å². The maximum absolute atomic E-state index is 5.16. The molecule has 0 aromatic carbocycles. The molecule has 0 saturated heterocycles. The van der Waals surface area contributed by atoms with Crippen LogP contribution in [-0.4, -0.2) is 9.97 Å². The van der Waals surface area contributed by atoms with Crippen LogP contribution in [0.5, 0.6) is 0 Å². The van der Waals surface area contributed by atoms with E-state index in [9.17, 15) is 0 Å². The Morgan fingerprint density at radius 1 is 1.21 bits per heavy atom. The maximum Gasteiger partial charge on any atom is 0.181 e. The summed E-state index contributed by atoms with van der Waals surface area (Å²) in [6.45, 7) is 0. The Balaban J connectivity index is 1.93. The fourth-order valence-electron chi connectivity index (χ4n) is 1.55. The third kappa shape index (κ3) is 1.31. The summed E-state index contributed by atoms with van der Waals surface area (Å²) in [5, 5.41) is 0. The second-order valence-electron chi connectivity index (χ2n) is 3.62. The van der Waals surface area contributed by atoms with E-state index in [4.69, 9.17) is 4.42 Å². The van der Waals surface area contributed by atoms with Crippen molar-refractivity contribution in [3.05, 3.63) is 36.5 Å². The van der Waals surface area contributed by atoms with Gasteiger partial charge >= 0.3 is 0 Å². The highest BCUT2D eigenvalue weighted by Crippen LogP contribution is 2.39. The van der Waals surface area contributed by atoms with E-state index in [-0.39, 0.29) is 0 Å². The molecule has 1 saturated carbocycles. The summed E-state index contributed by atoms with van der Waals surface area (Å²) in [6.07, 6.45) is 7.66. The molecule has 1 aliphatic rings. The molecule has 14 heavy (non-hydrogen) atoms. The number of nitrogens with zero attached hydrogens (tertiary/aromatic N) is 2. The van der Waals surface area contributed by atoms with E-state index in [2.05, 4.69) is 16.0 Å². The molecular formula is C11H10N2O. The molecule has 3 rings (SSSR count). The van der Waals surface area contributed by atoms with Crippen molar-refractivity contribution in [1.29, 1.82) is 0 Å². The molecule has 0 amide bonds. The van der Waals surface area contributed by atoms with Gasteiger partial charge in [0.2, 0.25) is 0 Å². The van der Waals surface area contributed by atoms with Gasteiger partial charge < -0.3 is 4.42 Å². The summed E-state index contributed by atoms with van der Waals surface area (Å²) in [6, 6.07) is 4.12. The topological polar surface area (TPSA) is 38.9 Å². The zero-order valence-electron chi connectivity index (χ0n) is 7.68. The zero-order chi connectivity index (χ0) is 9.38. The quantitative estimate of drug-likeness (QED) is 0.723. The van der Waals surface area contributed by atoms with Crippen LogP contribution in [0.2, 0.25) is 0 Å². The minimum atomic E-state index is 0.729. The van der Waals surface area contributed by atoms with Crippen LogP contribution < -0.4 is 0 Å². The van der Waals surface area contributed by atoms with Crippen molar-refractivity contribution < 1.29 is 4.42 Å². The number of aromatic nitrogens is 2. The van der Waals surface area contributed by atoms with E-state index in [1.165, 1.54) is 24.8 Å². The average Bonchev–Trinajstić information content (AvgIpc) is 2.94. The van der Waals surface area contributed by atoms with Crippen LogP contribution in [0.3, 0.4) is 0 Å². The summed E-state index contributed by atoms with van der Waals surface area (Å²) in [5.41, 5.74) is 2.19. The molecule has 0 bridgehead atoms. The highest BCUT2D eigenvalue weighted by Gasteiger charge is 2.23. The molecule has 0 N–H and O–H groups in total. The van der Waals surface area contributed by atoms with Crippen molar-refractivity contribution >= 4 is 0 Å². The molecular weight excluding hydrogens is 176 g/mol. The highest BCUT2D eigenvalue weighted by molar-refractivity contribution is 5.50. The number of hydrogen-bond donors (Lipinski definition) is 0. The van der Waals surface area contributed by atoms with Crippen LogP contribution in [0.1, 0.15) is 24.3 Å². The minimum absolute atomic E-state index is 0.729. The Bertz CT molecular complexity index is 415. The van der Waals surface area contributed by atoms with Gasteiger partial charge in [0.1, 0.15) is 5.69 Å². The third-order valence-corrected chi connectivity index (χ3v) is 2.52. The van der Waals surface area contributed by atoms with Crippen molar-refractivity contribution in [2.45, 2.75) is 18.8 Å². The lowest BCUT2D eigenvalue weighted by Crippen LogP contribution is -1.84. The lowest BCUT2D eigenvalue weighted by Gasteiger charge is -1.98. The summed E-state index contributed by atoms with van der Waals surface area (Å²) in [4.78, 5) is 8.21. The van der Waals surface area contributed by atoms with Crippen LogP contribution in [-0.2, 0) is 0 Å². The van der Waals surface area contributed by atoms with Gasteiger partial charge in [0.15, 0.2) is 12.2 Å². The maximum atomic E-state index is 5.16. The van der Waals surface area contributed by atoms with Crippen LogP contribution in [0, 0.1) is 0 Å². The number of hydrogen-bond acceptors (Lipinski definition) is 3. The first-order valence-electron chi connectivity index (χ1n) is 4.78. The van der Waals surface area contributed by atoms with Gasteiger partial charge in [0.05, 0.1) is 6.20 Å². The van der Waals surface area contributed by atoms with Crippen molar-refractivity contribution in [1.82, 2.24) is 9.97 Å². The minimum Gasteiger partial charge on any atom is -0.442 e. The SMILES string of the molecule is c1ncc(-c2ccc(C3CC3)cn2)o1. The van der Waals surface area contributed by atoms with Gasteiger partial charge in [-0.3, -0.25) is 4.98 Å². The fourth-order valence-corrected chi connectivity index (χ4v) is 1.55. The summed E-state index contributed by atoms with van der Waals surface area (Å²) >= 11 is 0. The van der Waals surface area contributed by atoms with Crippen LogP contribution in [0.4, 0.5) is 0 Å². The molecule has 0 atom stereocenters. The molecule has 2 heterocycles. The Kier molecular flexibility index (Phi) is 1.63. The number of pyridine rings is 1. The lowest BCUT2D eigenvalue weighted by molar-refractivity contribution is 0.570. The summed E-state index contributed by atoms with van der Waals surface area (Å²) in [7, 11) is 0. The van der Waals surface area contributed by atoms with E-state index in [1.54, 1.807) is 6.20 Å². The Morgan fingerprint density at radius 3 is 2.71 bits per heavy atom. The number of oxazole rings is 1. The smallest absolute Gasteiger partial charge is 0.181 e. The van der Waals surface area contributed by atoms with E-state index in [0.717, 1.165) is 17.4 Å². The first-order chi connectivity index (χ1) is 6.93. The Hall–Kier alpha value is -1.64. The second-order valence-corrected chi connectivity index (χ2v) is 3.62. The Labute approximate surface area is 81.8 Å². The van der Waals surface area contributed by atoms with E-state index < -0.39 is 0 Å². The van der Waals surface area contributed by atoms with Gasteiger partial charge in [-0.1, -0.05) is 6.07 Å². The summed E-state index contributed by atoms with van der Waals surface area (Å²) < 4.78 is 5.16. The van der Waals surface area contributed by atoms with Gasteiger partial charge in [-0.2, -0.15) is 0 Å². The fraction of sp³-hybridized carbons (Fsp3) is 0.273. The first-order valence-corrected chi connectivity index (χ1v) is 4.78. The van der Waals surface area contributed by atoms with Gasteiger partial charge in [-0.25, -0.2) is 4.98 Å². The Morgan fingerprint density at radius 2 is 2.14 bits per heavy atom. The normalized spacial score (nSPS) is 15.7. The summed E-state index contributed by atoms with van der Waals surface area (Å²) in [5.74, 6) is 1.48. The van der Waals surface area contributed by atoms with Crippen LogP contribution in [0.25, 0.3) is 11.5 Å². The van der Waals surface area contributed by atoms with Gasteiger partial charge in [-0.15, -0.1) is 0 Å².